The van der Waals surface area contributed by atoms with Gasteiger partial charge >= 0.3 is 15.6 Å². The Balaban J connectivity index is 2.61. The molecule has 1 rings (SSSR count). The summed E-state index contributed by atoms with van der Waals surface area (Å²) in [5.74, 6) is 0. The molecule has 0 aromatic carbocycles. The SMILES string of the molecule is O=P(O)(O)OP(=O)(O)OC[C@H]1O[C@@H](O)[C@H](O)[C@@H](O)[C@H]1O. The van der Waals surface area contributed by atoms with Crippen LogP contribution in [0.5, 0.6) is 0 Å². The summed E-state index contributed by atoms with van der Waals surface area (Å²) in [5, 5.41) is 37.1. The maximum Gasteiger partial charge on any atom is 0.481 e. The Hall–Kier alpha value is 0.0600. The van der Waals surface area contributed by atoms with Crippen LogP contribution in [0.25, 0.3) is 0 Å². The predicted octanol–water partition coefficient (Wildman–Crippen LogP) is -2.99. The minimum Gasteiger partial charge on any atom is -0.387 e. The van der Waals surface area contributed by atoms with E-state index in [1.807, 2.05) is 0 Å². The van der Waals surface area contributed by atoms with Crippen LogP contribution in [0.2, 0.25) is 0 Å². The molecule has 1 heterocycles. The Kier molecular flexibility index (Phi) is 5.83. The van der Waals surface area contributed by atoms with Crippen LogP contribution >= 0.6 is 15.6 Å². The molecule has 14 heteroatoms. The van der Waals surface area contributed by atoms with E-state index in [-0.39, 0.29) is 0 Å². The van der Waals surface area contributed by atoms with Gasteiger partial charge in [-0.1, -0.05) is 0 Å². The van der Waals surface area contributed by atoms with Crippen molar-refractivity contribution in [2.45, 2.75) is 30.7 Å². The van der Waals surface area contributed by atoms with E-state index < -0.39 is 53.0 Å². The number of aliphatic hydroxyl groups is 4. The fourth-order valence-electron chi connectivity index (χ4n) is 1.39. The molecule has 0 saturated carbocycles. The van der Waals surface area contributed by atoms with Crippen molar-refractivity contribution in [3.05, 3.63) is 0 Å². The summed E-state index contributed by atoms with van der Waals surface area (Å²) in [5.41, 5.74) is 0. The van der Waals surface area contributed by atoms with E-state index in [0.29, 0.717) is 0 Å². The lowest BCUT2D eigenvalue weighted by Crippen LogP contribution is -2.58. The van der Waals surface area contributed by atoms with Gasteiger partial charge in [0, 0.05) is 0 Å². The summed E-state index contributed by atoms with van der Waals surface area (Å²) in [6, 6.07) is 0. The van der Waals surface area contributed by atoms with Crippen molar-refractivity contribution in [2.24, 2.45) is 0 Å². The monoisotopic (exact) mass is 340 g/mol. The lowest BCUT2D eigenvalue weighted by atomic mass is 10.00. The van der Waals surface area contributed by atoms with Crippen LogP contribution in [0.15, 0.2) is 0 Å². The topological polar surface area (TPSA) is 203 Å². The molecule has 1 aliphatic heterocycles. The van der Waals surface area contributed by atoms with E-state index in [2.05, 4.69) is 13.6 Å². The van der Waals surface area contributed by atoms with Gasteiger partial charge in [0.1, 0.15) is 24.4 Å². The highest BCUT2D eigenvalue weighted by atomic mass is 31.3. The van der Waals surface area contributed by atoms with Gasteiger partial charge < -0.3 is 39.8 Å². The first kappa shape index (κ1) is 18.1. The molecule has 120 valence electrons. The van der Waals surface area contributed by atoms with Gasteiger partial charge in [-0.25, -0.2) is 9.13 Å². The van der Waals surface area contributed by atoms with Crippen LogP contribution in [0, 0.1) is 0 Å². The summed E-state index contributed by atoms with van der Waals surface area (Å²) in [6.45, 7) is -0.949. The molecule has 1 fully saturated rings. The lowest BCUT2D eigenvalue weighted by Gasteiger charge is -2.38. The number of ether oxygens (including phenoxy) is 1. The number of aliphatic hydroxyl groups excluding tert-OH is 4. The number of phosphoric acid groups is 2. The quantitative estimate of drug-likeness (QED) is 0.250. The number of rotatable bonds is 5. The van der Waals surface area contributed by atoms with Crippen LogP contribution in [0.1, 0.15) is 0 Å². The molecule has 1 saturated heterocycles. The molecule has 1 unspecified atom stereocenters. The molecule has 7 N–H and O–H groups in total. The molecule has 0 aromatic heterocycles. The highest BCUT2D eigenvalue weighted by molar-refractivity contribution is 7.60. The Labute approximate surface area is 112 Å². The highest BCUT2D eigenvalue weighted by Gasteiger charge is 2.44. The third-order valence-electron chi connectivity index (χ3n) is 2.30. The molecule has 20 heavy (non-hydrogen) atoms. The van der Waals surface area contributed by atoms with E-state index in [9.17, 15) is 19.3 Å². The van der Waals surface area contributed by atoms with Crippen LogP contribution < -0.4 is 0 Å². The Morgan fingerprint density at radius 2 is 1.50 bits per heavy atom. The maximum atomic E-state index is 11.1. The summed E-state index contributed by atoms with van der Waals surface area (Å²) in [4.78, 5) is 25.6. The molecule has 0 bridgehead atoms. The van der Waals surface area contributed by atoms with Crippen LogP contribution in [0.3, 0.4) is 0 Å². The van der Waals surface area contributed by atoms with Crippen LogP contribution in [0.4, 0.5) is 0 Å². The second-order valence-electron chi connectivity index (χ2n) is 3.87. The third kappa shape index (κ3) is 5.11. The summed E-state index contributed by atoms with van der Waals surface area (Å²) >= 11 is 0. The van der Waals surface area contributed by atoms with Crippen molar-refractivity contribution < 1.29 is 57.8 Å². The summed E-state index contributed by atoms with van der Waals surface area (Å²) in [6.07, 6.45) is -8.81. The van der Waals surface area contributed by atoms with Crippen molar-refractivity contribution in [1.82, 2.24) is 0 Å². The fourth-order valence-corrected chi connectivity index (χ4v) is 2.99. The van der Waals surface area contributed by atoms with E-state index in [0.717, 1.165) is 0 Å². The second-order valence-corrected chi connectivity index (χ2v) is 6.70. The first-order valence-electron chi connectivity index (χ1n) is 5.05. The van der Waals surface area contributed by atoms with Crippen LogP contribution in [-0.2, 0) is 22.7 Å². The van der Waals surface area contributed by atoms with Gasteiger partial charge in [0.05, 0.1) is 6.61 Å². The Bertz CT molecular complexity index is 420. The second kappa shape index (κ2) is 6.44. The van der Waals surface area contributed by atoms with Gasteiger partial charge in [-0.2, -0.15) is 4.31 Å². The van der Waals surface area contributed by atoms with E-state index in [1.54, 1.807) is 0 Å². The minimum atomic E-state index is -5.29. The molecule has 6 atom stereocenters. The third-order valence-corrected chi connectivity index (χ3v) is 4.45. The average Bonchev–Trinajstić information content (AvgIpc) is 2.26. The van der Waals surface area contributed by atoms with Gasteiger partial charge in [0.2, 0.25) is 0 Å². The number of phosphoric ester groups is 1. The van der Waals surface area contributed by atoms with Gasteiger partial charge in [-0.05, 0) is 0 Å². The molecule has 0 radical (unpaired) electrons. The molecular formula is C6H14O12P2. The highest BCUT2D eigenvalue weighted by Crippen LogP contribution is 2.57. The molecule has 0 aliphatic carbocycles. The van der Waals surface area contributed by atoms with Crippen molar-refractivity contribution in [1.29, 1.82) is 0 Å². The summed E-state index contributed by atoms with van der Waals surface area (Å²) < 4.78 is 33.7. The smallest absolute Gasteiger partial charge is 0.387 e. The average molecular weight is 340 g/mol. The van der Waals surface area contributed by atoms with Crippen molar-refractivity contribution in [3.63, 3.8) is 0 Å². The van der Waals surface area contributed by atoms with Crippen molar-refractivity contribution >= 4 is 15.6 Å². The molecule has 12 nitrogen and oxygen atoms in total. The van der Waals surface area contributed by atoms with Crippen LogP contribution in [-0.4, -0.2) is 72.4 Å². The van der Waals surface area contributed by atoms with E-state index in [1.165, 1.54) is 0 Å². The van der Waals surface area contributed by atoms with E-state index >= 15 is 0 Å². The van der Waals surface area contributed by atoms with Gasteiger partial charge in [-0.15, -0.1) is 0 Å². The molecule has 1 aliphatic rings. The Morgan fingerprint density at radius 1 is 0.950 bits per heavy atom. The Morgan fingerprint density at radius 3 is 2.00 bits per heavy atom. The number of hydrogen-bond donors (Lipinski definition) is 7. The standard InChI is InChI=1S/C6H14O12P2/c7-3-2(17-6(10)5(9)4(3)8)1-16-20(14,15)18-19(11,12)13/h2-10H,1H2,(H,14,15)(H2,11,12,13)/t2-,3+,4+,5-,6-/m1/s1. The predicted molar refractivity (Wildman–Crippen MR) is 57.8 cm³/mol. The first-order chi connectivity index (χ1) is 8.93. The minimum absolute atomic E-state index is 0.949. The zero-order chi connectivity index (χ0) is 15.7. The number of hydrogen-bond acceptors (Lipinski definition) is 9. The first-order valence-corrected chi connectivity index (χ1v) is 8.07. The maximum absolute atomic E-state index is 11.1. The summed E-state index contributed by atoms with van der Waals surface area (Å²) in [7, 11) is -10.4. The fraction of sp³-hybridized carbons (Fsp3) is 1.00. The zero-order valence-electron chi connectivity index (χ0n) is 9.66. The lowest BCUT2D eigenvalue weighted by molar-refractivity contribution is -0.285. The molecule has 0 aromatic rings. The van der Waals surface area contributed by atoms with Gasteiger partial charge in [0.25, 0.3) is 0 Å². The largest absolute Gasteiger partial charge is 0.481 e. The molecule has 0 spiro atoms. The zero-order valence-corrected chi connectivity index (χ0v) is 11.4. The van der Waals surface area contributed by atoms with E-state index in [4.69, 9.17) is 24.9 Å². The molecular weight excluding hydrogens is 326 g/mol. The molecule has 0 amide bonds. The van der Waals surface area contributed by atoms with Gasteiger partial charge in [-0.3, -0.25) is 4.52 Å². The van der Waals surface area contributed by atoms with Crippen molar-refractivity contribution in [3.8, 4) is 0 Å². The normalized spacial score (nSPS) is 38.5. The van der Waals surface area contributed by atoms with Gasteiger partial charge in [0.15, 0.2) is 6.29 Å². The van der Waals surface area contributed by atoms with Crippen molar-refractivity contribution in [2.75, 3.05) is 6.61 Å².